The van der Waals surface area contributed by atoms with Crippen LogP contribution in [0.1, 0.15) is 32.1 Å². The van der Waals surface area contributed by atoms with Crippen molar-refractivity contribution >= 4 is 22.5 Å². The van der Waals surface area contributed by atoms with Crippen molar-refractivity contribution in [2.45, 2.75) is 32.1 Å². The molecule has 0 aliphatic carbocycles. The van der Waals surface area contributed by atoms with Crippen molar-refractivity contribution in [3.63, 3.8) is 0 Å². The second-order valence-corrected chi connectivity index (χ2v) is 4.88. The minimum atomic E-state index is 0.0518. The molecule has 0 saturated heterocycles. The van der Waals surface area contributed by atoms with Crippen LogP contribution >= 0.6 is 0 Å². The van der Waals surface area contributed by atoms with E-state index in [1.165, 1.54) is 0 Å². The number of amides is 1. The molecule has 1 heterocycles. The van der Waals surface area contributed by atoms with Gasteiger partial charge in [-0.2, -0.15) is 0 Å². The van der Waals surface area contributed by atoms with Crippen LogP contribution in [-0.2, 0) is 4.79 Å². The maximum atomic E-state index is 11.9. The number of unbranched alkanes of at least 4 members (excludes halogenated alkanes) is 3. The van der Waals surface area contributed by atoms with Gasteiger partial charge >= 0.3 is 0 Å². The summed E-state index contributed by atoms with van der Waals surface area (Å²) in [5.41, 5.74) is 7.07. The maximum Gasteiger partial charge on any atom is 0.224 e. The third-order valence-corrected chi connectivity index (χ3v) is 3.26. The SMILES string of the molecule is NCCCCCCC(=O)Nc1cccc2cccnc12. The van der Waals surface area contributed by atoms with Crippen LogP contribution in [0.4, 0.5) is 5.69 Å². The molecule has 1 amide bonds. The summed E-state index contributed by atoms with van der Waals surface area (Å²) in [4.78, 5) is 16.3. The van der Waals surface area contributed by atoms with E-state index in [-0.39, 0.29) is 5.91 Å². The molecule has 0 unspecified atom stereocenters. The molecule has 1 aromatic carbocycles. The van der Waals surface area contributed by atoms with Gasteiger partial charge in [0.15, 0.2) is 0 Å². The fraction of sp³-hybridized carbons (Fsp3) is 0.375. The lowest BCUT2D eigenvalue weighted by Crippen LogP contribution is -2.11. The molecular weight excluding hydrogens is 250 g/mol. The largest absolute Gasteiger partial charge is 0.330 e. The van der Waals surface area contributed by atoms with Crippen LogP contribution in [0.3, 0.4) is 0 Å². The van der Waals surface area contributed by atoms with Crippen molar-refractivity contribution < 1.29 is 4.79 Å². The third-order valence-electron chi connectivity index (χ3n) is 3.26. The lowest BCUT2D eigenvalue weighted by molar-refractivity contribution is -0.116. The Labute approximate surface area is 119 Å². The highest BCUT2D eigenvalue weighted by Gasteiger charge is 2.06. The van der Waals surface area contributed by atoms with Crippen LogP contribution in [0.5, 0.6) is 0 Å². The summed E-state index contributed by atoms with van der Waals surface area (Å²) in [7, 11) is 0. The number of aromatic nitrogens is 1. The van der Waals surface area contributed by atoms with Gasteiger partial charge in [0, 0.05) is 18.0 Å². The number of nitrogens with two attached hydrogens (primary N) is 1. The fourth-order valence-electron chi connectivity index (χ4n) is 2.20. The van der Waals surface area contributed by atoms with E-state index in [0.717, 1.165) is 48.8 Å². The number of nitrogens with zero attached hydrogens (tertiary/aromatic N) is 1. The van der Waals surface area contributed by atoms with Gasteiger partial charge in [-0.1, -0.05) is 31.0 Å². The predicted octanol–water partition coefficient (Wildman–Crippen LogP) is 3.08. The van der Waals surface area contributed by atoms with Crippen LogP contribution < -0.4 is 11.1 Å². The van der Waals surface area contributed by atoms with Crippen LogP contribution in [0.15, 0.2) is 36.5 Å². The van der Waals surface area contributed by atoms with Gasteiger partial charge in [-0.3, -0.25) is 9.78 Å². The fourth-order valence-corrected chi connectivity index (χ4v) is 2.20. The van der Waals surface area contributed by atoms with Gasteiger partial charge in [0.2, 0.25) is 5.91 Å². The van der Waals surface area contributed by atoms with Gasteiger partial charge in [0.05, 0.1) is 11.2 Å². The zero-order valence-electron chi connectivity index (χ0n) is 11.6. The van der Waals surface area contributed by atoms with Crippen molar-refractivity contribution in [1.29, 1.82) is 0 Å². The molecule has 0 saturated carbocycles. The van der Waals surface area contributed by atoms with E-state index in [9.17, 15) is 4.79 Å². The van der Waals surface area contributed by atoms with Crippen LogP contribution in [0, 0.1) is 0 Å². The summed E-state index contributed by atoms with van der Waals surface area (Å²) >= 11 is 0. The van der Waals surface area contributed by atoms with E-state index in [1.54, 1.807) is 6.20 Å². The molecule has 4 heteroatoms. The lowest BCUT2D eigenvalue weighted by atomic mass is 10.1. The third kappa shape index (κ3) is 4.03. The first kappa shape index (κ1) is 14.5. The van der Waals surface area contributed by atoms with E-state index in [1.807, 2.05) is 30.3 Å². The minimum absolute atomic E-state index is 0.0518. The smallest absolute Gasteiger partial charge is 0.224 e. The van der Waals surface area contributed by atoms with Crippen LogP contribution in [0.25, 0.3) is 10.9 Å². The Hall–Kier alpha value is -1.94. The number of rotatable bonds is 7. The highest BCUT2D eigenvalue weighted by molar-refractivity contribution is 6.00. The first-order chi connectivity index (χ1) is 9.81. The van der Waals surface area contributed by atoms with Crippen molar-refractivity contribution in [3.8, 4) is 0 Å². The van der Waals surface area contributed by atoms with Crippen molar-refractivity contribution in [2.75, 3.05) is 11.9 Å². The van der Waals surface area contributed by atoms with Gasteiger partial charge in [0.25, 0.3) is 0 Å². The Bertz CT molecular complexity index is 563. The summed E-state index contributed by atoms with van der Waals surface area (Å²) in [6.45, 7) is 0.730. The number of para-hydroxylation sites is 1. The van der Waals surface area contributed by atoms with Crippen molar-refractivity contribution in [1.82, 2.24) is 4.98 Å². The van der Waals surface area contributed by atoms with E-state index in [4.69, 9.17) is 5.73 Å². The maximum absolute atomic E-state index is 11.9. The molecule has 2 rings (SSSR count). The molecule has 106 valence electrons. The van der Waals surface area contributed by atoms with Gasteiger partial charge < -0.3 is 11.1 Å². The molecule has 0 aliphatic heterocycles. The summed E-state index contributed by atoms with van der Waals surface area (Å²) < 4.78 is 0. The molecule has 0 fully saturated rings. The Balaban J connectivity index is 1.90. The highest BCUT2D eigenvalue weighted by Crippen LogP contribution is 2.20. The zero-order valence-corrected chi connectivity index (χ0v) is 11.6. The number of nitrogens with one attached hydrogen (secondary N) is 1. The normalized spacial score (nSPS) is 10.7. The number of hydrogen-bond donors (Lipinski definition) is 2. The summed E-state index contributed by atoms with van der Waals surface area (Å²) in [6.07, 6.45) is 6.38. The standard InChI is InChI=1S/C16H21N3O/c17-11-4-2-1-3-10-15(20)19-14-9-5-7-13-8-6-12-18-16(13)14/h5-9,12H,1-4,10-11,17H2,(H,19,20). The monoisotopic (exact) mass is 271 g/mol. The quantitative estimate of drug-likeness (QED) is 0.760. The average Bonchev–Trinajstić information content (AvgIpc) is 2.47. The molecule has 20 heavy (non-hydrogen) atoms. The van der Waals surface area contributed by atoms with Gasteiger partial charge in [-0.15, -0.1) is 0 Å². The van der Waals surface area contributed by atoms with Crippen LogP contribution in [0.2, 0.25) is 0 Å². The van der Waals surface area contributed by atoms with E-state index >= 15 is 0 Å². The second kappa shape index (κ2) is 7.60. The Morgan fingerprint density at radius 3 is 2.75 bits per heavy atom. The molecule has 0 radical (unpaired) electrons. The topological polar surface area (TPSA) is 68.0 Å². The molecule has 0 aliphatic rings. The Morgan fingerprint density at radius 2 is 1.90 bits per heavy atom. The molecular formula is C16H21N3O. The predicted molar refractivity (Wildman–Crippen MR) is 82.5 cm³/mol. The Morgan fingerprint density at radius 1 is 1.10 bits per heavy atom. The average molecular weight is 271 g/mol. The highest BCUT2D eigenvalue weighted by atomic mass is 16.1. The first-order valence-electron chi connectivity index (χ1n) is 7.15. The number of pyridine rings is 1. The van der Waals surface area contributed by atoms with Crippen molar-refractivity contribution in [2.24, 2.45) is 5.73 Å². The van der Waals surface area contributed by atoms with E-state index in [2.05, 4.69) is 10.3 Å². The summed E-state index contributed by atoms with van der Waals surface area (Å²) in [5.74, 6) is 0.0518. The molecule has 2 aromatic rings. The van der Waals surface area contributed by atoms with Gasteiger partial charge in [-0.25, -0.2) is 0 Å². The number of carbonyl (C=O) groups is 1. The summed E-state index contributed by atoms with van der Waals surface area (Å²) in [6, 6.07) is 9.70. The molecule has 0 bridgehead atoms. The number of hydrogen-bond acceptors (Lipinski definition) is 3. The second-order valence-electron chi connectivity index (χ2n) is 4.88. The van der Waals surface area contributed by atoms with E-state index < -0.39 is 0 Å². The number of benzene rings is 1. The lowest BCUT2D eigenvalue weighted by Gasteiger charge is -2.07. The molecule has 3 N–H and O–H groups in total. The molecule has 0 spiro atoms. The van der Waals surface area contributed by atoms with E-state index in [0.29, 0.717) is 6.42 Å². The first-order valence-corrected chi connectivity index (χ1v) is 7.15. The summed E-state index contributed by atoms with van der Waals surface area (Å²) in [5, 5.41) is 3.99. The molecule has 4 nitrogen and oxygen atoms in total. The van der Waals surface area contributed by atoms with Gasteiger partial charge in [0.1, 0.15) is 0 Å². The van der Waals surface area contributed by atoms with Crippen LogP contribution in [-0.4, -0.2) is 17.4 Å². The number of carbonyl (C=O) groups excluding carboxylic acids is 1. The number of fused-ring (bicyclic) bond motifs is 1. The Kier molecular flexibility index (Phi) is 5.50. The van der Waals surface area contributed by atoms with Gasteiger partial charge in [-0.05, 0) is 31.5 Å². The minimum Gasteiger partial charge on any atom is -0.330 e. The zero-order chi connectivity index (χ0) is 14.2. The molecule has 0 atom stereocenters. The molecule has 1 aromatic heterocycles. The number of anilines is 1. The van der Waals surface area contributed by atoms with Crippen molar-refractivity contribution in [3.05, 3.63) is 36.5 Å².